The Morgan fingerprint density at radius 1 is 1.33 bits per heavy atom. The number of rotatable bonds is 7. The van der Waals surface area contributed by atoms with E-state index in [1.165, 1.54) is 6.92 Å². The maximum Gasteiger partial charge on any atom is 0.308 e. The molecule has 0 radical (unpaired) electrons. The van der Waals surface area contributed by atoms with Gasteiger partial charge in [0.1, 0.15) is 11.9 Å². The van der Waals surface area contributed by atoms with Crippen LogP contribution in [-0.2, 0) is 21.4 Å². The van der Waals surface area contributed by atoms with E-state index in [0.29, 0.717) is 17.4 Å². The van der Waals surface area contributed by atoms with Crippen molar-refractivity contribution in [1.82, 2.24) is 9.80 Å². The van der Waals surface area contributed by atoms with Crippen molar-refractivity contribution in [2.75, 3.05) is 27.2 Å². The van der Waals surface area contributed by atoms with Gasteiger partial charge in [0.05, 0.1) is 13.2 Å². The molecule has 2 aromatic rings. The molecule has 9 heteroatoms. The van der Waals surface area contributed by atoms with Gasteiger partial charge in [-0.25, -0.2) is 0 Å². The molecule has 1 spiro atoms. The van der Waals surface area contributed by atoms with Crippen LogP contribution in [0.1, 0.15) is 42.2 Å². The fraction of sp³-hybridized carbons (Fsp3) is 0.467. The normalized spacial score (nSPS) is 28.5. The third-order valence-corrected chi connectivity index (χ3v) is 10.8. The Balaban J connectivity index is 1.42. The van der Waals surface area contributed by atoms with Crippen molar-refractivity contribution in [3.63, 3.8) is 0 Å². The molecule has 1 aromatic heterocycles. The standard InChI is InChI=1S/C30H33BrN2O5S/c1-5-11-33-12-10-30-21-7-8-22(32(3)26(35)9-6-19-13-18(31)16-39-19)29(30)38-28-25(36-4)15-24(37-17(2)34)20(27(28)30)14-23(21)33/h5-6,9,13,15-16,21-23,29H,1,7-8,10-12,14H2,2-4H3/b9-6+/t21-,22-,23+,29-,30-/m0/s1. The second-order valence-corrected chi connectivity index (χ2v) is 12.8. The van der Waals surface area contributed by atoms with Crippen molar-refractivity contribution < 1.29 is 23.8 Å². The Bertz CT molecular complexity index is 1370. The first-order valence-electron chi connectivity index (χ1n) is 13.4. The van der Waals surface area contributed by atoms with Gasteiger partial charge in [0, 0.05) is 70.0 Å². The predicted octanol–water partition coefficient (Wildman–Crippen LogP) is 5.21. The summed E-state index contributed by atoms with van der Waals surface area (Å²) in [7, 11) is 3.51. The minimum absolute atomic E-state index is 0.0387. The molecule has 2 aliphatic carbocycles. The first kappa shape index (κ1) is 26.6. The molecule has 2 bridgehead atoms. The number of methoxy groups -OCH3 is 1. The molecule has 206 valence electrons. The Kier molecular flexibility index (Phi) is 6.88. The molecular formula is C30H33BrN2O5S. The molecule has 2 fully saturated rings. The van der Waals surface area contributed by atoms with Crippen LogP contribution in [0, 0.1) is 5.92 Å². The zero-order chi connectivity index (χ0) is 27.5. The van der Waals surface area contributed by atoms with Crippen molar-refractivity contribution in [1.29, 1.82) is 0 Å². The van der Waals surface area contributed by atoms with Gasteiger partial charge in [-0.2, -0.15) is 0 Å². The number of piperidine rings is 1. The van der Waals surface area contributed by atoms with Gasteiger partial charge in [-0.15, -0.1) is 17.9 Å². The van der Waals surface area contributed by atoms with E-state index in [2.05, 4.69) is 27.4 Å². The van der Waals surface area contributed by atoms with Crippen LogP contribution in [-0.4, -0.2) is 67.1 Å². The van der Waals surface area contributed by atoms with Crippen LogP contribution in [0.25, 0.3) is 6.08 Å². The fourth-order valence-electron chi connectivity index (χ4n) is 7.67. The van der Waals surface area contributed by atoms with Gasteiger partial charge < -0.3 is 19.1 Å². The fourth-order valence-corrected chi connectivity index (χ4v) is 9.01. The van der Waals surface area contributed by atoms with Gasteiger partial charge in [0.15, 0.2) is 11.5 Å². The number of halogens is 1. The minimum Gasteiger partial charge on any atom is -0.493 e. The average molecular weight is 614 g/mol. The number of ether oxygens (including phenoxy) is 3. The first-order chi connectivity index (χ1) is 18.8. The van der Waals surface area contributed by atoms with Crippen LogP contribution in [0.5, 0.6) is 17.2 Å². The molecular weight excluding hydrogens is 580 g/mol. The highest BCUT2D eigenvalue weighted by Gasteiger charge is 2.67. The van der Waals surface area contributed by atoms with E-state index >= 15 is 0 Å². The summed E-state index contributed by atoms with van der Waals surface area (Å²) < 4.78 is 19.4. The number of likely N-dealkylation sites (tertiary alicyclic amines) is 1. The number of benzene rings is 1. The van der Waals surface area contributed by atoms with Crippen LogP contribution in [0.2, 0.25) is 0 Å². The highest BCUT2D eigenvalue weighted by atomic mass is 79.9. The lowest BCUT2D eigenvalue weighted by Gasteiger charge is -2.60. The van der Waals surface area contributed by atoms with Crippen molar-refractivity contribution in [3.05, 3.63) is 56.7 Å². The predicted molar refractivity (Wildman–Crippen MR) is 155 cm³/mol. The summed E-state index contributed by atoms with van der Waals surface area (Å²) in [5.41, 5.74) is 1.89. The monoisotopic (exact) mass is 612 g/mol. The maximum atomic E-state index is 13.4. The third-order valence-electron chi connectivity index (χ3n) is 9.13. The smallest absolute Gasteiger partial charge is 0.308 e. The molecule has 0 N–H and O–H groups in total. The number of esters is 1. The van der Waals surface area contributed by atoms with Gasteiger partial charge >= 0.3 is 5.97 Å². The van der Waals surface area contributed by atoms with Gasteiger partial charge in [0.25, 0.3) is 0 Å². The summed E-state index contributed by atoms with van der Waals surface area (Å²) in [4.78, 5) is 30.9. The van der Waals surface area contributed by atoms with E-state index in [9.17, 15) is 9.59 Å². The van der Waals surface area contributed by atoms with Crippen LogP contribution < -0.4 is 14.2 Å². The van der Waals surface area contributed by atoms with Gasteiger partial charge in [-0.05, 0) is 66.2 Å². The van der Waals surface area contributed by atoms with Gasteiger partial charge in [0.2, 0.25) is 5.91 Å². The highest BCUT2D eigenvalue weighted by molar-refractivity contribution is 9.10. The molecule has 5 atom stereocenters. The average Bonchev–Trinajstić information content (AvgIpc) is 3.49. The van der Waals surface area contributed by atoms with Crippen LogP contribution >= 0.6 is 27.3 Å². The molecule has 1 amide bonds. The zero-order valence-electron chi connectivity index (χ0n) is 22.4. The largest absolute Gasteiger partial charge is 0.493 e. The SMILES string of the molecule is C=CCN1CC[C@]23c4c5c(OC(C)=O)cc(OC)c4O[C@H]2[C@@H](N(C)C(=O)/C=C/c2cc(Br)cs2)CC[C@H]3[C@H]1C5. The number of carbonyl (C=O) groups is 2. The summed E-state index contributed by atoms with van der Waals surface area (Å²) in [5, 5.41) is 2.01. The van der Waals surface area contributed by atoms with E-state index in [1.807, 2.05) is 35.5 Å². The molecule has 7 nitrogen and oxygen atoms in total. The Morgan fingerprint density at radius 2 is 2.15 bits per heavy atom. The summed E-state index contributed by atoms with van der Waals surface area (Å²) in [6.07, 6.45) is 8.82. The molecule has 0 unspecified atom stereocenters. The van der Waals surface area contributed by atoms with Gasteiger partial charge in [-0.3, -0.25) is 14.5 Å². The van der Waals surface area contributed by atoms with Gasteiger partial charge in [-0.1, -0.05) is 6.08 Å². The van der Waals surface area contributed by atoms with Crippen LogP contribution in [0.4, 0.5) is 0 Å². The molecule has 39 heavy (non-hydrogen) atoms. The maximum absolute atomic E-state index is 13.4. The molecule has 3 heterocycles. The lowest BCUT2D eigenvalue weighted by molar-refractivity contribution is -0.135. The number of nitrogens with zero attached hydrogens (tertiary/aromatic N) is 2. The lowest BCUT2D eigenvalue weighted by atomic mass is 9.51. The van der Waals surface area contributed by atoms with E-state index < -0.39 is 0 Å². The lowest BCUT2D eigenvalue weighted by Crippen LogP contribution is -2.68. The molecule has 1 saturated heterocycles. The third kappa shape index (κ3) is 4.16. The summed E-state index contributed by atoms with van der Waals surface area (Å²) in [6.45, 7) is 7.17. The number of hydrogen-bond acceptors (Lipinski definition) is 7. The topological polar surface area (TPSA) is 68.3 Å². The first-order valence-corrected chi connectivity index (χ1v) is 15.1. The Labute approximate surface area is 241 Å². The summed E-state index contributed by atoms with van der Waals surface area (Å²) in [6, 6.07) is 3.98. The van der Waals surface area contributed by atoms with E-state index in [-0.39, 0.29) is 35.5 Å². The zero-order valence-corrected chi connectivity index (χ0v) is 24.8. The quantitative estimate of drug-likeness (QED) is 0.185. The Morgan fingerprint density at radius 3 is 2.85 bits per heavy atom. The summed E-state index contributed by atoms with van der Waals surface area (Å²) in [5.74, 6) is 1.86. The number of thiophene rings is 1. The summed E-state index contributed by atoms with van der Waals surface area (Å²) >= 11 is 5.07. The number of hydrogen-bond donors (Lipinski definition) is 0. The Hall–Kier alpha value is -2.62. The van der Waals surface area contributed by atoms with Crippen molar-refractivity contribution >= 4 is 45.2 Å². The van der Waals surface area contributed by atoms with Crippen molar-refractivity contribution in [2.45, 2.75) is 56.2 Å². The van der Waals surface area contributed by atoms with E-state index in [1.54, 1.807) is 30.6 Å². The second kappa shape index (κ2) is 10.1. The van der Waals surface area contributed by atoms with Crippen LogP contribution in [0.15, 0.2) is 40.7 Å². The van der Waals surface area contributed by atoms with E-state index in [0.717, 1.165) is 65.0 Å². The van der Waals surface area contributed by atoms with Crippen molar-refractivity contribution in [2.24, 2.45) is 5.92 Å². The number of likely N-dealkylation sites (N-methyl/N-ethyl adjacent to an activating group) is 1. The highest BCUT2D eigenvalue weighted by Crippen LogP contribution is 2.65. The molecule has 6 rings (SSSR count). The van der Waals surface area contributed by atoms with Crippen molar-refractivity contribution in [3.8, 4) is 17.2 Å². The molecule has 1 saturated carbocycles. The van der Waals surface area contributed by atoms with Crippen LogP contribution in [0.3, 0.4) is 0 Å². The second-order valence-electron chi connectivity index (χ2n) is 10.9. The minimum atomic E-state index is -0.354. The molecule has 1 aromatic carbocycles. The molecule has 4 aliphatic rings. The number of amides is 1. The molecule has 2 aliphatic heterocycles. The number of carbonyl (C=O) groups excluding carboxylic acids is 2. The van der Waals surface area contributed by atoms with E-state index in [4.69, 9.17) is 14.2 Å².